The summed E-state index contributed by atoms with van der Waals surface area (Å²) in [6, 6.07) is 17.4. The van der Waals surface area contributed by atoms with Crippen LogP contribution in [0.5, 0.6) is 5.75 Å². The van der Waals surface area contributed by atoms with Crippen molar-refractivity contribution in [1.82, 2.24) is 9.88 Å². The van der Waals surface area contributed by atoms with Crippen LogP contribution in [0.4, 0.5) is 17.3 Å². The number of fused-ring (bicyclic) bond motifs is 1. The van der Waals surface area contributed by atoms with E-state index in [0.717, 1.165) is 29.0 Å². The van der Waals surface area contributed by atoms with Gasteiger partial charge in [-0.3, -0.25) is 30.3 Å². The zero-order valence-electron chi connectivity index (χ0n) is 20.3. The molecule has 1 heterocycles. The number of carboxylic acid groups (broad SMARTS) is 1. The molecule has 4 aromatic rings. The number of imidazole rings is 1. The summed E-state index contributed by atoms with van der Waals surface area (Å²) in [4.78, 5) is 46.5. The molecule has 0 unspecified atom stereocenters. The minimum Gasteiger partial charge on any atom is -0.545 e. The summed E-state index contributed by atoms with van der Waals surface area (Å²) in [6.07, 6.45) is 0.750. The van der Waals surface area contributed by atoms with Crippen LogP contribution in [0.2, 0.25) is 0 Å². The minimum atomic E-state index is -1.71. The van der Waals surface area contributed by atoms with Crippen LogP contribution in [-0.4, -0.2) is 51.3 Å². The fourth-order valence-corrected chi connectivity index (χ4v) is 2.86. The first kappa shape index (κ1) is 28.7. The third-order valence-corrected chi connectivity index (χ3v) is 4.66. The minimum absolute atomic E-state index is 0.307. The first-order valence-electron chi connectivity index (χ1n) is 10.8. The van der Waals surface area contributed by atoms with Crippen LogP contribution in [0, 0.1) is 20.2 Å². The van der Waals surface area contributed by atoms with Crippen LogP contribution < -0.4 is 15.4 Å². The number of hydrogen-bond acceptors (Lipinski definition) is 9. The van der Waals surface area contributed by atoms with Crippen LogP contribution >= 0.6 is 0 Å². The van der Waals surface area contributed by atoms with E-state index in [9.17, 15) is 40.0 Å². The lowest BCUT2D eigenvalue weighted by Crippen LogP contribution is -2.22. The molecule has 0 radical (unpaired) electrons. The second-order valence-electron chi connectivity index (χ2n) is 7.76. The quantitative estimate of drug-likeness (QED) is 0.183. The second-order valence-corrected chi connectivity index (χ2v) is 7.76. The molecule has 0 atom stereocenters. The van der Waals surface area contributed by atoms with Crippen molar-refractivity contribution in [3.05, 3.63) is 98.1 Å². The van der Waals surface area contributed by atoms with Crippen LogP contribution in [-0.2, 0) is 11.3 Å². The van der Waals surface area contributed by atoms with Crippen molar-refractivity contribution in [3.63, 3.8) is 0 Å². The molecule has 1 amide bonds. The van der Waals surface area contributed by atoms with E-state index < -0.39 is 32.8 Å². The Morgan fingerprint density at radius 2 is 1.58 bits per heavy atom. The fourth-order valence-electron chi connectivity index (χ4n) is 2.86. The Morgan fingerprint density at radius 3 is 2.08 bits per heavy atom. The molecule has 14 nitrogen and oxygen atoms in total. The van der Waals surface area contributed by atoms with Gasteiger partial charge in [0.2, 0.25) is 6.41 Å². The smallest absolute Gasteiger partial charge is 0.353 e. The highest BCUT2D eigenvalue weighted by atomic mass is 16.6. The summed E-state index contributed by atoms with van der Waals surface area (Å²) in [7, 11) is 3.38. The van der Waals surface area contributed by atoms with Crippen LogP contribution in [0.3, 0.4) is 0 Å². The Kier molecular flexibility index (Phi) is 10.2. The molecular weight excluding hydrogens is 500 g/mol. The number of benzene rings is 3. The average molecular weight is 524 g/mol. The van der Waals surface area contributed by atoms with Gasteiger partial charge in [0.25, 0.3) is 11.4 Å². The molecule has 0 bridgehead atoms. The number of carbonyl (C=O) groups excluding carboxylic acids is 2. The van der Waals surface area contributed by atoms with E-state index >= 15 is 0 Å². The van der Waals surface area contributed by atoms with Gasteiger partial charge in [-0.15, -0.1) is 0 Å². The molecular formula is C24H24N6O8. The number of anilines is 1. The van der Waals surface area contributed by atoms with Crippen molar-refractivity contribution in [3.8, 4) is 5.75 Å². The number of phenols is 1. The van der Waals surface area contributed by atoms with Crippen LogP contribution in [0.1, 0.15) is 15.9 Å². The molecule has 198 valence electrons. The number of nitrogens with one attached hydrogen (secondary N) is 3. The first-order valence-corrected chi connectivity index (χ1v) is 10.8. The van der Waals surface area contributed by atoms with Gasteiger partial charge in [0.1, 0.15) is 16.8 Å². The number of nitrogens with zero attached hydrogens (tertiary/aromatic N) is 3. The maximum absolute atomic E-state index is 10.4. The Balaban J connectivity index is 0.000000231. The number of aromatic nitrogens is 2. The lowest BCUT2D eigenvalue weighted by Gasteiger charge is -2.01. The topological polar surface area (TPSA) is 209 Å². The summed E-state index contributed by atoms with van der Waals surface area (Å²) in [5.41, 5.74) is 1.04. The molecule has 0 saturated heterocycles. The molecule has 0 aliphatic carbocycles. The lowest BCUT2D eigenvalue weighted by molar-refractivity contribution is -0.394. The van der Waals surface area contributed by atoms with Crippen molar-refractivity contribution in [2.24, 2.45) is 0 Å². The number of aromatic carboxylic acids is 1. The summed E-state index contributed by atoms with van der Waals surface area (Å²) in [5.74, 6) is -0.567. The van der Waals surface area contributed by atoms with Gasteiger partial charge in [0.05, 0.1) is 28.4 Å². The van der Waals surface area contributed by atoms with Gasteiger partial charge in [-0.1, -0.05) is 30.3 Å². The number of rotatable bonds is 7. The number of carboxylic acids is 1. The standard InChI is InChI=1S/C14H13N3O.C7H4N2O6.C3H7NO/c18-13-8-4-1-5-10(13)9-15-14-16-11-6-2-3-7-12(11)17-14;10-7(11)4-1-5(8(12)13)3-6(2-4)9(14)15;1-4(2)3-5/h1-8,18H,9H2,(H2,15,16,17);1-3H,(H,10,11);3H,1-2H3. The number of nitro benzene ring substituents is 2. The summed E-state index contributed by atoms with van der Waals surface area (Å²) < 4.78 is 0. The number of amides is 1. The number of H-pyrrole nitrogens is 2. The Morgan fingerprint density at radius 1 is 1.03 bits per heavy atom. The van der Waals surface area contributed by atoms with Crippen molar-refractivity contribution in [1.29, 1.82) is 0 Å². The highest BCUT2D eigenvalue weighted by molar-refractivity contribution is 5.87. The van der Waals surface area contributed by atoms with Gasteiger partial charge >= 0.3 is 5.95 Å². The van der Waals surface area contributed by atoms with Gasteiger partial charge in [0.15, 0.2) is 0 Å². The number of carbonyl (C=O) groups is 2. The molecule has 1 aromatic heterocycles. The highest BCUT2D eigenvalue weighted by Gasteiger charge is 2.16. The molecule has 3 aromatic carbocycles. The number of hydrogen-bond donors (Lipinski definition) is 3. The molecule has 0 aliphatic heterocycles. The third-order valence-electron chi connectivity index (χ3n) is 4.66. The average Bonchev–Trinajstić information content (AvgIpc) is 3.31. The third kappa shape index (κ3) is 8.60. The van der Waals surface area contributed by atoms with Crippen molar-refractivity contribution < 1.29 is 34.6 Å². The number of aromatic hydroxyl groups is 1. The maximum Gasteiger partial charge on any atom is 0.353 e. The first-order chi connectivity index (χ1) is 18.0. The summed E-state index contributed by atoms with van der Waals surface area (Å²) >= 11 is 0. The molecule has 0 aliphatic rings. The largest absolute Gasteiger partial charge is 0.545 e. The normalized spacial score (nSPS) is 9.74. The van der Waals surface area contributed by atoms with E-state index in [1.54, 1.807) is 20.2 Å². The molecule has 0 spiro atoms. The SMILES string of the molecule is CN(C)C=O.O=C([O-])c1cc([N+](=O)[O-])cc([N+](=O)[O-])c1.Oc1ccccc1CNc1[nH]c2ccccc2[nH+]1. The number of non-ortho nitro benzene ring substituents is 2. The zero-order chi connectivity index (χ0) is 28.2. The number of nitro groups is 2. The van der Waals surface area contributed by atoms with Crippen LogP contribution in [0.25, 0.3) is 11.0 Å². The molecule has 4 rings (SSSR count). The lowest BCUT2D eigenvalue weighted by atomic mass is 10.2. The summed E-state index contributed by atoms with van der Waals surface area (Å²) in [5, 5.41) is 43.9. The monoisotopic (exact) mass is 524 g/mol. The van der Waals surface area contributed by atoms with Gasteiger partial charge in [-0.05, 0) is 18.2 Å². The van der Waals surface area contributed by atoms with E-state index in [-0.39, 0.29) is 0 Å². The molecule has 4 N–H and O–H groups in total. The van der Waals surface area contributed by atoms with Gasteiger partial charge < -0.3 is 19.9 Å². The van der Waals surface area contributed by atoms with Crippen molar-refractivity contribution in [2.75, 3.05) is 19.4 Å². The predicted octanol–water partition coefficient (Wildman–Crippen LogP) is 1.87. The molecule has 38 heavy (non-hydrogen) atoms. The van der Waals surface area contributed by atoms with E-state index in [1.807, 2.05) is 42.5 Å². The van der Waals surface area contributed by atoms with Crippen LogP contribution in [0.15, 0.2) is 66.7 Å². The molecule has 14 heteroatoms. The van der Waals surface area contributed by atoms with Gasteiger partial charge in [0, 0.05) is 37.4 Å². The second kappa shape index (κ2) is 13.5. The number of para-hydroxylation sites is 3. The predicted molar refractivity (Wildman–Crippen MR) is 134 cm³/mol. The Hall–Kier alpha value is -5.53. The van der Waals surface area contributed by atoms with Crippen molar-refractivity contribution in [2.45, 2.75) is 6.54 Å². The Bertz CT molecular complexity index is 1320. The van der Waals surface area contributed by atoms with Gasteiger partial charge in [-0.2, -0.15) is 0 Å². The van der Waals surface area contributed by atoms with E-state index in [4.69, 9.17) is 0 Å². The number of aromatic amines is 2. The zero-order valence-corrected chi connectivity index (χ0v) is 20.3. The van der Waals surface area contributed by atoms with Gasteiger partial charge in [-0.25, -0.2) is 9.97 Å². The van der Waals surface area contributed by atoms with E-state index in [2.05, 4.69) is 15.3 Å². The highest BCUT2D eigenvalue weighted by Crippen LogP contribution is 2.22. The summed E-state index contributed by atoms with van der Waals surface area (Å²) in [6.45, 7) is 0.565. The Labute approximate surface area is 215 Å². The molecule has 0 fully saturated rings. The van der Waals surface area contributed by atoms with Crippen molar-refractivity contribution >= 4 is 40.7 Å². The maximum atomic E-state index is 10.4. The van der Waals surface area contributed by atoms with E-state index in [1.165, 1.54) is 4.90 Å². The molecule has 0 saturated carbocycles. The number of phenolic OH excluding ortho intramolecular Hbond substituents is 1. The fraction of sp³-hybridized carbons (Fsp3) is 0.125. The van der Waals surface area contributed by atoms with E-state index in [0.29, 0.717) is 30.5 Å².